The van der Waals surface area contributed by atoms with E-state index in [-0.39, 0.29) is 0 Å². The molecule has 0 amide bonds. The third kappa shape index (κ3) is 2.81. The summed E-state index contributed by atoms with van der Waals surface area (Å²) in [5.74, 6) is 0. The van der Waals surface area contributed by atoms with Gasteiger partial charge in [0.25, 0.3) is 0 Å². The summed E-state index contributed by atoms with van der Waals surface area (Å²) in [4.78, 5) is 4.75. The molecule has 0 unspecified atom stereocenters. The third-order valence-corrected chi connectivity index (χ3v) is 3.40. The van der Waals surface area contributed by atoms with Crippen LogP contribution in [-0.4, -0.2) is 9.97 Å². The molecule has 2 aromatic rings. The van der Waals surface area contributed by atoms with Gasteiger partial charge in [0, 0.05) is 10.9 Å². The van der Waals surface area contributed by atoms with E-state index in [1.807, 2.05) is 37.4 Å². The average molecular weight is 263 g/mol. The fourth-order valence-corrected chi connectivity index (χ4v) is 2.38. The summed E-state index contributed by atoms with van der Waals surface area (Å²) < 4.78 is 0. The molecular formula is C12H13N3S2. The number of thiocarbonyl (C=S) groups is 1. The van der Waals surface area contributed by atoms with Crippen LogP contribution < -0.4 is 11.1 Å². The molecular weight excluding hydrogens is 250 g/mol. The van der Waals surface area contributed by atoms with Crippen molar-refractivity contribution in [1.82, 2.24) is 4.98 Å². The molecule has 0 spiro atoms. The van der Waals surface area contributed by atoms with Crippen molar-refractivity contribution in [3.63, 3.8) is 0 Å². The number of aryl methyl sites for hydroxylation is 2. The zero-order valence-electron chi connectivity index (χ0n) is 9.65. The second kappa shape index (κ2) is 4.81. The lowest BCUT2D eigenvalue weighted by atomic mass is 10.1. The molecule has 3 N–H and O–H groups in total. The van der Waals surface area contributed by atoms with Crippen LogP contribution in [0.5, 0.6) is 0 Å². The molecule has 0 aliphatic carbocycles. The van der Waals surface area contributed by atoms with Crippen LogP contribution in [0.15, 0.2) is 23.6 Å². The van der Waals surface area contributed by atoms with Gasteiger partial charge in [-0.3, -0.25) is 0 Å². The first-order valence-electron chi connectivity index (χ1n) is 5.16. The van der Waals surface area contributed by atoms with E-state index in [0.29, 0.717) is 4.99 Å². The zero-order chi connectivity index (χ0) is 12.4. The summed E-state index contributed by atoms with van der Waals surface area (Å²) in [7, 11) is 0. The quantitative estimate of drug-likeness (QED) is 0.835. The van der Waals surface area contributed by atoms with Gasteiger partial charge in [0.2, 0.25) is 0 Å². The normalized spacial score (nSPS) is 10.2. The van der Waals surface area contributed by atoms with E-state index in [4.69, 9.17) is 18.0 Å². The van der Waals surface area contributed by atoms with Gasteiger partial charge in [-0.2, -0.15) is 0 Å². The highest BCUT2D eigenvalue weighted by atomic mass is 32.1. The maximum absolute atomic E-state index is 5.70. The van der Waals surface area contributed by atoms with Gasteiger partial charge >= 0.3 is 0 Å². The van der Waals surface area contributed by atoms with E-state index < -0.39 is 0 Å². The van der Waals surface area contributed by atoms with Crippen molar-refractivity contribution in [3.05, 3.63) is 40.4 Å². The summed E-state index contributed by atoms with van der Waals surface area (Å²) in [6.07, 6.45) is 0. The van der Waals surface area contributed by atoms with Crippen LogP contribution in [0.3, 0.4) is 0 Å². The fourth-order valence-electron chi connectivity index (χ4n) is 1.50. The number of hydrogen-bond donors (Lipinski definition) is 2. The molecule has 17 heavy (non-hydrogen) atoms. The van der Waals surface area contributed by atoms with Crippen LogP contribution in [0.1, 0.15) is 16.8 Å². The predicted octanol–water partition coefficient (Wildman–Crippen LogP) is 3.14. The Morgan fingerprint density at radius 3 is 2.76 bits per heavy atom. The zero-order valence-corrected chi connectivity index (χ0v) is 11.3. The van der Waals surface area contributed by atoms with Gasteiger partial charge in [-0.1, -0.05) is 18.3 Å². The molecule has 2 rings (SSSR count). The van der Waals surface area contributed by atoms with E-state index >= 15 is 0 Å². The van der Waals surface area contributed by atoms with E-state index in [1.54, 1.807) is 11.3 Å². The standard InChI is InChI=1S/C12H13N3S2/c1-7-3-4-9(11(13)16)10(5-7)15-12-14-8(2)6-17-12/h3-6H,1-2H3,(H2,13,16)(H,14,15). The number of nitrogens with one attached hydrogen (secondary N) is 1. The van der Waals surface area contributed by atoms with E-state index in [2.05, 4.69) is 10.3 Å². The second-order valence-corrected chi connectivity index (χ2v) is 5.13. The number of thiazole rings is 1. The van der Waals surface area contributed by atoms with Crippen molar-refractivity contribution < 1.29 is 0 Å². The van der Waals surface area contributed by atoms with Crippen LogP contribution in [0, 0.1) is 13.8 Å². The Bertz CT molecular complexity index is 561. The SMILES string of the molecule is Cc1ccc(C(N)=S)c(Nc2nc(C)cs2)c1. The monoisotopic (exact) mass is 263 g/mol. The van der Waals surface area contributed by atoms with E-state index in [9.17, 15) is 0 Å². The lowest BCUT2D eigenvalue weighted by Gasteiger charge is -2.09. The van der Waals surface area contributed by atoms with E-state index in [0.717, 1.165) is 27.6 Å². The Hall–Kier alpha value is -1.46. The molecule has 0 radical (unpaired) electrons. The van der Waals surface area contributed by atoms with E-state index in [1.165, 1.54) is 0 Å². The number of nitrogens with two attached hydrogens (primary N) is 1. The summed E-state index contributed by atoms with van der Waals surface area (Å²) >= 11 is 6.60. The summed E-state index contributed by atoms with van der Waals surface area (Å²) in [5, 5.41) is 6.11. The lowest BCUT2D eigenvalue weighted by molar-refractivity contribution is 1.26. The third-order valence-electron chi connectivity index (χ3n) is 2.30. The van der Waals surface area contributed by atoms with Crippen LogP contribution in [0.25, 0.3) is 0 Å². The number of aromatic nitrogens is 1. The minimum absolute atomic E-state index is 0.390. The highest BCUT2D eigenvalue weighted by Crippen LogP contribution is 2.24. The topological polar surface area (TPSA) is 50.9 Å². The molecule has 0 bridgehead atoms. The number of nitrogens with zero attached hydrogens (tertiary/aromatic N) is 1. The molecule has 0 aliphatic heterocycles. The molecule has 0 saturated carbocycles. The molecule has 1 aromatic heterocycles. The molecule has 0 atom stereocenters. The summed E-state index contributed by atoms with van der Waals surface area (Å²) in [6, 6.07) is 5.94. The first-order valence-corrected chi connectivity index (χ1v) is 6.44. The van der Waals surface area contributed by atoms with Crippen molar-refractivity contribution in [2.45, 2.75) is 13.8 Å². The van der Waals surface area contributed by atoms with Crippen molar-refractivity contribution in [1.29, 1.82) is 0 Å². The molecule has 88 valence electrons. The summed E-state index contributed by atoms with van der Waals surface area (Å²) in [5.41, 5.74) is 9.61. The van der Waals surface area contributed by atoms with Crippen molar-refractivity contribution in [3.8, 4) is 0 Å². The van der Waals surface area contributed by atoms with Crippen molar-refractivity contribution in [2.24, 2.45) is 5.73 Å². The fraction of sp³-hybridized carbons (Fsp3) is 0.167. The molecule has 0 saturated heterocycles. The maximum Gasteiger partial charge on any atom is 0.187 e. The van der Waals surface area contributed by atoms with Gasteiger partial charge in [-0.25, -0.2) is 4.98 Å². The highest BCUT2D eigenvalue weighted by Gasteiger charge is 2.07. The smallest absolute Gasteiger partial charge is 0.187 e. The average Bonchev–Trinajstić information content (AvgIpc) is 2.63. The van der Waals surface area contributed by atoms with Crippen LogP contribution in [0.4, 0.5) is 10.8 Å². The van der Waals surface area contributed by atoms with Crippen molar-refractivity contribution >= 4 is 39.4 Å². The minimum atomic E-state index is 0.390. The number of hydrogen-bond acceptors (Lipinski definition) is 4. The van der Waals surface area contributed by atoms with Crippen LogP contribution in [0.2, 0.25) is 0 Å². The molecule has 1 aromatic carbocycles. The molecule has 3 nitrogen and oxygen atoms in total. The minimum Gasteiger partial charge on any atom is -0.389 e. The maximum atomic E-state index is 5.70. The van der Waals surface area contributed by atoms with Gasteiger partial charge in [-0.15, -0.1) is 11.3 Å². The Morgan fingerprint density at radius 1 is 1.41 bits per heavy atom. The number of rotatable bonds is 3. The largest absolute Gasteiger partial charge is 0.389 e. The number of anilines is 2. The van der Waals surface area contributed by atoms with Gasteiger partial charge in [-0.05, 0) is 31.5 Å². The second-order valence-electron chi connectivity index (χ2n) is 3.83. The molecule has 0 fully saturated rings. The molecule has 5 heteroatoms. The first-order chi connectivity index (χ1) is 8.06. The molecule has 0 aliphatic rings. The Balaban J connectivity index is 2.37. The van der Waals surface area contributed by atoms with Gasteiger partial charge in [0.15, 0.2) is 5.13 Å². The Morgan fingerprint density at radius 2 is 2.18 bits per heavy atom. The van der Waals surface area contributed by atoms with Gasteiger partial charge < -0.3 is 11.1 Å². The first kappa shape index (κ1) is 12.0. The number of benzene rings is 1. The van der Waals surface area contributed by atoms with Gasteiger partial charge in [0.1, 0.15) is 4.99 Å². The lowest BCUT2D eigenvalue weighted by Crippen LogP contribution is -2.12. The molecule has 1 heterocycles. The van der Waals surface area contributed by atoms with Crippen LogP contribution >= 0.6 is 23.6 Å². The predicted molar refractivity (Wildman–Crippen MR) is 77.2 cm³/mol. The van der Waals surface area contributed by atoms with Crippen molar-refractivity contribution in [2.75, 3.05) is 5.32 Å². The van der Waals surface area contributed by atoms with Crippen LogP contribution in [-0.2, 0) is 0 Å². The summed E-state index contributed by atoms with van der Waals surface area (Å²) in [6.45, 7) is 3.99. The Kier molecular flexibility index (Phi) is 3.40. The highest BCUT2D eigenvalue weighted by molar-refractivity contribution is 7.80. The Labute approximate surface area is 110 Å². The van der Waals surface area contributed by atoms with Gasteiger partial charge in [0.05, 0.1) is 11.4 Å².